The van der Waals surface area contributed by atoms with E-state index >= 15 is 0 Å². The second-order valence-corrected chi connectivity index (χ2v) is 6.19. The molecule has 0 fully saturated rings. The molecule has 0 aromatic heterocycles. The van der Waals surface area contributed by atoms with E-state index in [0.717, 1.165) is 5.69 Å². The van der Waals surface area contributed by atoms with Crippen LogP contribution in [-0.2, 0) is 4.79 Å². The van der Waals surface area contributed by atoms with Gasteiger partial charge < -0.3 is 15.3 Å². The number of nitrogens with zero attached hydrogens (tertiary/aromatic N) is 1. The lowest BCUT2D eigenvalue weighted by Gasteiger charge is -2.27. The summed E-state index contributed by atoms with van der Waals surface area (Å²) in [5.74, 6) is -0.00461. The second kappa shape index (κ2) is 7.29. The standard InChI is InChI=1S/C16H26N2O2/c1-13(19)10-16(2,3)12-17-15(20)11-18(4)14-8-6-5-7-9-14/h5-9,13,19H,10-12H2,1-4H3,(H,17,20). The average Bonchev–Trinajstić information content (AvgIpc) is 2.36. The van der Waals surface area contributed by atoms with Crippen LogP contribution in [0.15, 0.2) is 30.3 Å². The highest BCUT2D eigenvalue weighted by atomic mass is 16.3. The summed E-state index contributed by atoms with van der Waals surface area (Å²) in [6.45, 7) is 6.75. The van der Waals surface area contributed by atoms with E-state index in [2.05, 4.69) is 5.32 Å². The van der Waals surface area contributed by atoms with Crippen molar-refractivity contribution in [1.82, 2.24) is 5.32 Å². The highest BCUT2D eigenvalue weighted by Gasteiger charge is 2.21. The molecule has 0 heterocycles. The van der Waals surface area contributed by atoms with E-state index in [1.807, 2.05) is 56.1 Å². The Kier molecular flexibility index (Phi) is 6.02. The van der Waals surface area contributed by atoms with E-state index in [1.165, 1.54) is 0 Å². The number of carbonyl (C=O) groups excluding carboxylic acids is 1. The van der Waals surface area contributed by atoms with Gasteiger partial charge in [-0.2, -0.15) is 0 Å². The van der Waals surface area contributed by atoms with Gasteiger partial charge >= 0.3 is 0 Å². The van der Waals surface area contributed by atoms with Crippen LogP contribution in [-0.4, -0.2) is 37.3 Å². The number of benzene rings is 1. The zero-order chi connectivity index (χ0) is 15.2. The Morgan fingerprint density at radius 3 is 2.50 bits per heavy atom. The minimum atomic E-state index is -0.353. The summed E-state index contributed by atoms with van der Waals surface area (Å²) in [4.78, 5) is 13.9. The first-order valence-corrected chi connectivity index (χ1v) is 7.01. The first kappa shape index (κ1) is 16.5. The van der Waals surface area contributed by atoms with Gasteiger partial charge in [0.15, 0.2) is 0 Å². The Morgan fingerprint density at radius 1 is 1.35 bits per heavy atom. The van der Waals surface area contributed by atoms with Crippen LogP contribution in [0, 0.1) is 5.41 Å². The maximum absolute atomic E-state index is 11.9. The highest BCUT2D eigenvalue weighted by molar-refractivity contribution is 5.81. The molecule has 20 heavy (non-hydrogen) atoms. The van der Waals surface area contributed by atoms with Crippen molar-refractivity contribution >= 4 is 11.6 Å². The Labute approximate surface area is 121 Å². The fourth-order valence-corrected chi connectivity index (χ4v) is 2.25. The van der Waals surface area contributed by atoms with Gasteiger partial charge in [-0.3, -0.25) is 4.79 Å². The van der Waals surface area contributed by atoms with Crippen LogP contribution in [0.4, 0.5) is 5.69 Å². The maximum Gasteiger partial charge on any atom is 0.239 e. The monoisotopic (exact) mass is 278 g/mol. The van der Waals surface area contributed by atoms with Gasteiger partial charge in [-0.15, -0.1) is 0 Å². The minimum Gasteiger partial charge on any atom is -0.393 e. The van der Waals surface area contributed by atoms with Crippen LogP contribution in [0.5, 0.6) is 0 Å². The molecule has 2 N–H and O–H groups in total. The Bertz CT molecular complexity index is 416. The molecule has 1 aromatic rings. The lowest BCUT2D eigenvalue weighted by atomic mass is 9.87. The second-order valence-electron chi connectivity index (χ2n) is 6.19. The summed E-state index contributed by atoms with van der Waals surface area (Å²) in [6, 6.07) is 9.82. The van der Waals surface area contributed by atoms with Crippen LogP contribution in [0.3, 0.4) is 0 Å². The lowest BCUT2D eigenvalue weighted by molar-refractivity contribution is -0.120. The van der Waals surface area contributed by atoms with E-state index < -0.39 is 0 Å². The van der Waals surface area contributed by atoms with Gasteiger partial charge in [0.25, 0.3) is 0 Å². The molecule has 0 spiro atoms. The number of amides is 1. The zero-order valence-electron chi connectivity index (χ0n) is 12.9. The smallest absolute Gasteiger partial charge is 0.239 e. The molecule has 0 saturated heterocycles. The van der Waals surface area contributed by atoms with E-state index in [-0.39, 0.29) is 17.4 Å². The molecule has 0 aliphatic heterocycles. The molecule has 0 aliphatic carbocycles. The van der Waals surface area contributed by atoms with Crippen LogP contribution >= 0.6 is 0 Å². The molecule has 1 aromatic carbocycles. The Hall–Kier alpha value is -1.55. The molecule has 1 amide bonds. The molecule has 0 aliphatic rings. The number of carbonyl (C=O) groups is 1. The summed E-state index contributed by atoms with van der Waals surface area (Å²) in [6.07, 6.45) is 0.316. The van der Waals surface area contributed by atoms with Crippen molar-refractivity contribution in [2.24, 2.45) is 5.41 Å². The van der Waals surface area contributed by atoms with Crippen molar-refractivity contribution in [3.05, 3.63) is 30.3 Å². The van der Waals surface area contributed by atoms with Gasteiger partial charge in [0.2, 0.25) is 5.91 Å². The molecule has 1 rings (SSSR count). The number of rotatable bonds is 7. The molecule has 1 atom stereocenters. The minimum absolute atomic E-state index is 0.00461. The van der Waals surface area contributed by atoms with Gasteiger partial charge in [-0.25, -0.2) is 0 Å². The number of hydrogen-bond donors (Lipinski definition) is 2. The third kappa shape index (κ3) is 6.06. The Morgan fingerprint density at radius 2 is 1.95 bits per heavy atom. The van der Waals surface area contributed by atoms with Crippen molar-refractivity contribution in [2.75, 3.05) is 25.0 Å². The SMILES string of the molecule is CC(O)CC(C)(C)CNC(=O)CN(C)c1ccccc1. The van der Waals surface area contributed by atoms with Crippen LogP contribution < -0.4 is 10.2 Å². The first-order valence-electron chi connectivity index (χ1n) is 7.01. The first-order chi connectivity index (χ1) is 9.30. The van der Waals surface area contributed by atoms with Gasteiger partial charge in [0, 0.05) is 19.3 Å². The van der Waals surface area contributed by atoms with Crippen LogP contribution in [0.25, 0.3) is 0 Å². The van der Waals surface area contributed by atoms with Crippen molar-refractivity contribution < 1.29 is 9.90 Å². The van der Waals surface area contributed by atoms with Crippen molar-refractivity contribution in [3.8, 4) is 0 Å². The van der Waals surface area contributed by atoms with Gasteiger partial charge in [0.1, 0.15) is 0 Å². The van der Waals surface area contributed by atoms with Gasteiger partial charge in [-0.05, 0) is 30.9 Å². The summed E-state index contributed by atoms with van der Waals surface area (Å²) in [5, 5.41) is 12.4. The number of likely N-dealkylation sites (N-methyl/N-ethyl adjacent to an activating group) is 1. The Balaban J connectivity index is 2.41. The fraction of sp³-hybridized carbons (Fsp3) is 0.562. The molecule has 0 saturated carbocycles. The predicted octanol–water partition coefficient (Wildman–Crippen LogP) is 2.04. The van der Waals surface area contributed by atoms with E-state index in [0.29, 0.717) is 19.5 Å². The summed E-state index contributed by atoms with van der Waals surface area (Å²) in [7, 11) is 1.90. The number of aliphatic hydroxyl groups excluding tert-OH is 1. The van der Waals surface area contributed by atoms with Crippen molar-refractivity contribution in [1.29, 1.82) is 0 Å². The molecule has 0 radical (unpaired) electrons. The predicted molar refractivity (Wildman–Crippen MR) is 82.8 cm³/mol. The molecular weight excluding hydrogens is 252 g/mol. The van der Waals surface area contributed by atoms with Gasteiger partial charge in [0.05, 0.1) is 12.6 Å². The van der Waals surface area contributed by atoms with E-state index in [1.54, 1.807) is 6.92 Å². The van der Waals surface area contributed by atoms with Crippen LogP contribution in [0.1, 0.15) is 27.2 Å². The molecule has 4 heteroatoms. The quantitative estimate of drug-likeness (QED) is 0.802. The van der Waals surface area contributed by atoms with Crippen molar-refractivity contribution in [3.63, 3.8) is 0 Å². The molecule has 0 bridgehead atoms. The third-order valence-corrected chi connectivity index (χ3v) is 3.19. The van der Waals surface area contributed by atoms with E-state index in [9.17, 15) is 9.90 Å². The average molecular weight is 278 g/mol. The highest BCUT2D eigenvalue weighted by Crippen LogP contribution is 2.21. The molecule has 1 unspecified atom stereocenters. The largest absolute Gasteiger partial charge is 0.393 e. The number of para-hydroxylation sites is 1. The summed E-state index contributed by atoms with van der Waals surface area (Å²) >= 11 is 0. The third-order valence-electron chi connectivity index (χ3n) is 3.19. The normalized spacial score (nSPS) is 12.8. The summed E-state index contributed by atoms with van der Waals surface area (Å²) < 4.78 is 0. The number of aliphatic hydroxyl groups is 1. The number of nitrogens with one attached hydrogen (secondary N) is 1. The number of hydrogen-bond acceptors (Lipinski definition) is 3. The summed E-state index contributed by atoms with van der Waals surface area (Å²) in [5.41, 5.74) is 0.917. The lowest BCUT2D eigenvalue weighted by Crippen LogP contribution is -2.40. The maximum atomic E-state index is 11.9. The number of anilines is 1. The zero-order valence-corrected chi connectivity index (χ0v) is 12.9. The van der Waals surface area contributed by atoms with E-state index in [4.69, 9.17) is 0 Å². The molecule has 4 nitrogen and oxygen atoms in total. The molecular formula is C16H26N2O2. The topological polar surface area (TPSA) is 52.6 Å². The molecule has 112 valence electrons. The van der Waals surface area contributed by atoms with Crippen LogP contribution in [0.2, 0.25) is 0 Å². The van der Waals surface area contributed by atoms with Crippen molar-refractivity contribution in [2.45, 2.75) is 33.3 Å². The fourth-order valence-electron chi connectivity index (χ4n) is 2.25. The van der Waals surface area contributed by atoms with Gasteiger partial charge in [-0.1, -0.05) is 32.0 Å².